The second-order valence-corrected chi connectivity index (χ2v) is 6.18. The molecule has 3 heteroatoms. The molecular weight excluding hydrogens is 258 g/mol. The largest absolute Gasteiger partial charge is 0.372 e. The molecule has 0 aromatic heterocycles. The SMILES string of the molecule is ClC1CCCCC1NCC1OCCc2ccccc21. The predicted molar refractivity (Wildman–Crippen MR) is 78.7 cm³/mol. The number of alkyl halides is 1. The fourth-order valence-corrected chi connectivity index (χ4v) is 3.59. The van der Waals surface area contributed by atoms with Gasteiger partial charge in [-0.25, -0.2) is 0 Å². The minimum atomic E-state index is 0.191. The Labute approximate surface area is 120 Å². The summed E-state index contributed by atoms with van der Waals surface area (Å²) < 4.78 is 5.93. The zero-order valence-electron chi connectivity index (χ0n) is 11.3. The third-order valence-electron chi connectivity index (χ3n) is 4.34. The molecule has 1 aliphatic carbocycles. The van der Waals surface area contributed by atoms with Crippen molar-refractivity contribution in [3.63, 3.8) is 0 Å². The smallest absolute Gasteiger partial charge is 0.0952 e. The second-order valence-electron chi connectivity index (χ2n) is 5.62. The maximum atomic E-state index is 6.40. The number of fused-ring (bicyclic) bond motifs is 1. The molecule has 1 N–H and O–H groups in total. The van der Waals surface area contributed by atoms with Gasteiger partial charge >= 0.3 is 0 Å². The van der Waals surface area contributed by atoms with E-state index in [4.69, 9.17) is 16.3 Å². The lowest BCUT2D eigenvalue weighted by Gasteiger charge is -2.32. The molecule has 3 rings (SSSR count). The highest BCUT2D eigenvalue weighted by molar-refractivity contribution is 6.21. The molecule has 1 aromatic rings. The second kappa shape index (κ2) is 6.25. The summed E-state index contributed by atoms with van der Waals surface area (Å²) in [6.07, 6.45) is 6.13. The van der Waals surface area contributed by atoms with E-state index in [-0.39, 0.29) is 11.5 Å². The molecule has 0 spiro atoms. The third kappa shape index (κ3) is 3.13. The summed E-state index contributed by atoms with van der Waals surface area (Å²) in [5, 5.41) is 3.91. The molecule has 0 saturated heterocycles. The van der Waals surface area contributed by atoms with Crippen LogP contribution >= 0.6 is 11.6 Å². The maximum Gasteiger partial charge on any atom is 0.0952 e. The van der Waals surface area contributed by atoms with Gasteiger partial charge in [0.2, 0.25) is 0 Å². The Bertz CT molecular complexity index is 423. The van der Waals surface area contributed by atoms with Crippen molar-refractivity contribution in [3.05, 3.63) is 35.4 Å². The average molecular weight is 280 g/mol. The van der Waals surface area contributed by atoms with Crippen molar-refractivity contribution >= 4 is 11.6 Å². The lowest BCUT2D eigenvalue weighted by atomic mass is 9.93. The van der Waals surface area contributed by atoms with Crippen molar-refractivity contribution < 1.29 is 4.74 Å². The van der Waals surface area contributed by atoms with Gasteiger partial charge in [-0.3, -0.25) is 0 Å². The first-order chi connectivity index (χ1) is 9.34. The number of benzene rings is 1. The maximum absolute atomic E-state index is 6.40. The zero-order valence-corrected chi connectivity index (χ0v) is 12.0. The molecule has 104 valence electrons. The van der Waals surface area contributed by atoms with E-state index in [1.807, 2.05) is 0 Å². The van der Waals surface area contributed by atoms with Gasteiger partial charge in [0, 0.05) is 18.0 Å². The number of ether oxygens (including phenoxy) is 1. The fourth-order valence-electron chi connectivity index (χ4n) is 3.22. The molecule has 1 saturated carbocycles. The summed E-state index contributed by atoms with van der Waals surface area (Å²) in [6, 6.07) is 9.08. The molecule has 2 aliphatic rings. The number of hydrogen-bond acceptors (Lipinski definition) is 2. The molecule has 0 radical (unpaired) electrons. The van der Waals surface area contributed by atoms with Gasteiger partial charge < -0.3 is 10.1 Å². The van der Waals surface area contributed by atoms with Gasteiger partial charge in [-0.05, 0) is 30.4 Å². The van der Waals surface area contributed by atoms with Crippen LogP contribution < -0.4 is 5.32 Å². The summed E-state index contributed by atoms with van der Waals surface area (Å²) in [5.74, 6) is 0. The van der Waals surface area contributed by atoms with E-state index in [0.29, 0.717) is 6.04 Å². The Balaban J connectivity index is 1.61. The normalized spacial score (nSPS) is 30.9. The van der Waals surface area contributed by atoms with Crippen LogP contribution in [0.3, 0.4) is 0 Å². The Morgan fingerprint density at radius 2 is 2.05 bits per heavy atom. The lowest BCUT2D eigenvalue weighted by molar-refractivity contribution is 0.0398. The molecular formula is C16H22ClNO. The summed E-state index contributed by atoms with van der Waals surface area (Å²) >= 11 is 6.40. The van der Waals surface area contributed by atoms with E-state index >= 15 is 0 Å². The Hall–Kier alpha value is -0.570. The van der Waals surface area contributed by atoms with E-state index in [1.54, 1.807) is 0 Å². The third-order valence-corrected chi connectivity index (χ3v) is 4.86. The van der Waals surface area contributed by atoms with Gasteiger partial charge in [-0.2, -0.15) is 0 Å². The Kier molecular flexibility index (Phi) is 4.42. The van der Waals surface area contributed by atoms with Crippen LogP contribution in [-0.4, -0.2) is 24.6 Å². The highest BCUT2D eigenvalue weighted by Crippen LogP contribution is 2.28. The monoisotopic (exact) mass is 279 g/mol. The van der Waals surface area contributed by atoms with Crippen LogP contribution in [0.25, 0.3) is 0 Å². The van der Waals surface area contributed by atoms with Crippen LogP contribution in [0.1, 0.15) is 42.9 Å². The first-order valence-corrected chi connectivity index (χ1v) is 7.85. The Morgan fingerprint density at radius 1 is 1.21 bits per heavy atom. The highest BCUT2D eigenvalue weighted by atomic mass is 35.5. The van der Waals surface area contributed by atoms with Crippen LogP contribution in [-0.2, 0) is 11.2 Å². The summed E-state index contributed by atoms with van der Waals surface area (Å²) in [4.78, 5) is 0. The summed E-state index contributed by atoms with van der Waals surface area (Å²) in [7, 11) is 0. The quantitative estimate of drug-likeness (QED) is 0.856. The van der Waals surface area contributed by atoms with Gasteiger partial charge in [0.05, 0.1) is 12.7 Å². The van der Waals surface area contributed by atoms with Crippen LogP contribution in [0, 0.1) is 0 Å². The van der Waals surface area contributed by atoms with Gasteiger partial charge in [0.25, 0.3) is 0 Å². The van der Waals surface area contributed by atoms with Gasteiger partial charge in [0.1, 0.15) is 0 Å². The minimum absolute atomic E-state index is 0.191. The molecule has 1 aliphatic heterocycles. The topological polar surface area (TPSA) is 21.3 Å². The molecule has 1 fully saturated rings. The van der Waals surface area contributed by atoms with Crippen LogP contribution in [0.5, 0.6) is 0 Å². The number of rotatable bonds is 3. The molecule has 19 heavy (non-hydrogen) atoms. The number of halogens is 1. The Morgan fingerprint density at radius 3 is 2.95 bits per heavy atom. The van der Waals surface area contributed by atoms with E-state index in [9.17, 15) is 0 Å². The van der Waals surface area contributed by atoms with Crippen LogP contribution in [0.4, 0.5) is 0 Å². The lowest BCUT2D eigenvalue weighted by Crippen LogP contribution is -2.42. The zero-order chi connectivity index (χ0) is 13.1. The molecule has 2 nitrogen and oxygen atoms in total. The molecule has 0 bridgehead atoms. The van der Waals surface area contributed by atoms with Crippen molar-refractivity contribution in [2.45, 2.75) is 49.6 Å². The number of hydrogen-bond donors (Lipinski definition) is 1. The van der Waals surface area contributed by atoms with E-state index in [0.717, 1.165) is 26.0 Å². The van der Waals surface area contributed by atoms with Crippen molar-refractivity contribution in [1.29, 1.82) is 0 Å². The first kappa shape index (κ1) is 13.4. The average Bonchev–Trinajstić information content (AvgIpc) is 2.46. The summed E-state index contributed by atoms with van der Waals surface area (Å²) in [5.41, 5.74) is 2.79. The van der Waals surface area contributed by atoms with Crippen LogP contribution in [0.15, 0.2) is 24.3 Å². The van der Waals surface area contributed by atoms with E-state index < -0.39 is 0 Å². The summed E-state index contributed by atoms with van der Waals surface area (Å²) in [6.45, 7) is 1.71. The minimum Gasteiger partial charge on any atom is -0.372 e. The molecule has 3 unspecified atom stereocenters. The molecule has 1 aromatic carbocycles. The van der Waals surface area contributed by atoms with Crippen molar-refractivity contribution in [2.24, 2.45) is 0 Å². The van der Waals surface area contributed by atoms with Crippen LogP contribution in [0.2, 0.25) is 0 Å². The van der Waals surface area contributed by atoms with Gasteiger partial charge in [0.15, 0.2) is 0 Å². The predicted octanol–water partition coefficient (Wildman–Crippen LogP) is 3.44. The highest BCUT2D eigenvalue weighted by Gasteiger charge is 2.25. The molecule has 1 heterocycles. The fraction of sp³-hybridized carbons (Fsp3) is 0.625. The van der Waals surface area contributed by atoms with E-state index in [1.165, 1.54) is 30.4 Å². The molecule has 0 amide bonds. The van der Waals surface area contributed by atoms with Crippen molar-refractivity contribution in [2.75, 3.05) is 13.2 Å². The van der Waals surface area contributed by atoms with Crippen molar-refractivity contribution in [3.8, 4) is 0 Å². The molecule has 3 atom stereocenters. The van der Waals surface area contributed by atoms with Crippen molar-refractivity contribution in [1.82, 2.24) is 5.32 Å². The first-order valence-electron chi connectivity index (χ1n) is 7.41. The van der Waals surface area contributed by atoms with Gasteiger partial charge in [-0.15, -0.1) is 11.6 Å². The standard InChI is InChI=1S/C16H22ClNO/c17-14-7-3-4-8-15(14)18-11-16-13-6-2-1-5-12(13)9-10-19-16/h1-2,5-6,14-16,18H,3-4,7-11H2. The van der Waals surface area contributed by atoms with E-state index in [2.05, 4.69) is 29.6 Å². The van der Waals surface area contributed by atoms with Gasteiger partial charge in [-0.1, -0.05) is 37.1 Å². The number of nitrogens with one attached hydrogen (secondary N) is 1.